The van der Waals surface area contributed by atoms with E-state index in [0.717, 1.165) is 19.4 Å². The van der Waals surface area contributed by atoms with Crippen molar-refractivity contribution < 1.29 is 9.53 Å². The van der Waals surface area contributed by atoms with Crippen molar-refractivity contribution >= 4 is 22.3 Å². The monoisotopic (exact) mass is 212 g/mol. The number of Topliss-reactive ketones (excluding diaryl/α,β-unsaturated/α-hetero) is 1. The van der Waals surface area contributed by atoms with Gasteiger partial charge in [-0.1, -0.05) is 11.3 Å². The number of anilines is 1. The van der Waals surface area contributed by atoms with Gasteiger partial charge in [0.2, 0.25) is 0 Å². The fraction of sp³-hybridized carbons (Fsp3) is 0.556. The van der Waals surface area contributed by atoms with Crippen LogP contribution in [0.25, 0.3) is 0 Å². The molecule has 0 radical (unpaired) electrons. The van der Waals surface area contributed by atoms with Gasteiger partial charge in [0.05, 0.1) is 17.7 Å². The first-order valence-corrected chi connectivity index (χ1v) is 5.42. The number of thiazole rings is 1. The number of nitrogens with two attached hydrogens (primary N) is 1. The highest BCUT2D eigenvalue weighted by Gasteiger charge is 2.24. The Bertz CT molecular complexity index is 331. The van der Waals surface area contributed by atoms with Crippen molar-refractivity contribution in [3.8, 4) is 0 Å². The van der Waals surface area contributed by atoms with Gasteiger partial charge >= 0.3 is 0 Å². The van der Waals surface area contributed by atoms with Crippen molar-refractivity contribution in [1.82, 2.24) is 4.98 Å². The van der Waals surface area contributed by atoms with Gasteiger partial charge in [-0.15, -0.1) is 0 Å². The largest absolute Gasteiger partial charge is 0.381 e. The molecule has 0 spiro atoms. The Morgan fingerprint density at radius 1 is 1.71 bits per heavy atom. The van der Waals surface area contributed by atoms with Crippen molar-refractivity contribution in [3.63, 3.8) is 0 Å². The first-order chi connectivity index (χ1) is 6.77. The third-order valence-corrected chi connectivity index (χ3v) is 3.14. The maximum atomic E-state index is 11.8. The maximum absolute atomic E-state index is 11.8. The number of carbonyl (C=O) groups excluding carboxylic acids is 1. The molecular formula is C9H12N2O2S. The van der Waals surface area contributed by atoms with E-state index in [-0.39, 0.29) is 11.7 Å². The van der Waals surface area contributed by atoms with E-state index in [2.05, 4.69) is 4.98 Å². The number of hydrogen-bond acceptors (Lipinski definition) is 5. The molecule has 1 aromatic heterocycles. The van der Waals surface area contributed by atoms with Gasteiger partial charge < -0.3 is 10.5 Å². The van der Waals surface area contributed by atoms with E-state index in [4.69, 9.17) is 10.5 Å². The number of aromatic nitrogens is 1. The molecule has 1 aromatic rings. The van der Waals surface area contributed by atoms with Crippen LogP contribution in [0.5, 0.6) is 0 Å². The predicted octanol–water partition coefficient (Wildman–Crippen LogP) is 1.33. The second-order valence-corrected chi connectivity index (χ2v) is 4.40. The summed E-state index contributed by atoms with van der Waals surface area (Å²) in [5.41, 5.74) is 5.47. The van der Waals surface area contributed by atoms with E-state index < -0.39 is 0 Å². The van der Waals surface area contributed by atoms with Gasteiger partial charge in [-0.3, -0.25) is 4.79 Å². The molecule has 14 heavy (non-hydrogen) atoms. The summed E-state index contributed by atoms with van der Waals surface area (Å²) in [6, 6.07) is 0. The molecule has 76 valence electrons. The molecule has 5 heteroatoms. The number of hydrogen-bond donors (Lipinski definition) is 1. The smallest absolute Gasteiger partial charge is 0.180 e. The number of ketones is 1. The van der Waals surface area contributed by atoms with Gasteiger partial charge in [-0.2, -0.15) is 0 Å². The van der Waals surface area contributed by atoms with Crippen molar-refractivity contribution in [3.05, 3.63) is 11.1 Å². The molecule has 2 heterocycles. The summed E-state index contributed by atoms with van der Waals surface area (Å²) < 4.78 is 5.26. The third-order valence-electron chi connectivity index (χ3n) is 2.30. The molecule has 2 rings (SSSR count). The number of nitrogens with zero attached hydrogens (tertiary/aromatic N) is 1. The average Bonchev–Trinajstić information content (AvgIpc) is 2.65. The SMILES string of the molecule is Nc1ncc(C(=O)C2CCCOC2)s1. The first-order valence-electron chi connectivity index (χ1n) is 4.60. The van der Waals surface area contributed by atoms with Gasteiger partial charge in [-0.05, 0) is 12.8 Å². The zero-order chi connectivity index (χ0) is 9.97. The molecule has 0 aromatic carbocycles. The Morgan fingerprint density at radius 2 is 2.57 bits per heavy atom. The summed E-state index contributed by atoms with van der Waals surface area (Å²) >= 11 is 1.25. The van der Waals surface area contributed by atoms with Crippen LogP contribution < -0.4 is 5.73 Å². The predicted molar refractivity (Wildman–Crippen MR) is 54.4 cm³/mol. The lowest BCUT2D eigenvalue weighted by molar-refractivity contribution is 0.0464. The van der Waals surface area contributed by atoms with Crippen LogP contribution in [0.3, 0.4) is 0 Å². The lowest BCUT2D eigenvalue weighted by Crippen LogP contribution is -2.24. The summed E-state index contributed by atoms with van der Waals surface area (Å²) in [5.74, 6) is 0.127. The normalized spacial score (nSPS) is 22.1. The fourth-order valence-corrected chi connectivity index (χ4v) is 2.25. The van der Waals surface area contributed by atoms with Gasteiger partial charge in [0.1, 0.15) is 0 Å². The lowest BCUT2D eigenvalue weighted by atomic mass is 9.97. The van der Waals surface area contributed by atoms with Gasteiger partial charge in [-0.25, -0.2) is 4.98 Å². The molecule has 2 N–H and O–H groups in total. The second kappa shape index (κ2) is 4.06. The highest BCUT2D eigenvalue weighted by Crippen LogP contribution is 2.23. The quantitative estimate of drug-likeness (QED) is 0.751. The Labute approximate surface area is 86.1 Å². The molecule has 1 aliphatic rings. The van der Waals surface area contributed by atoms with Gasteiger partial charge in [0, 0.05) is 12.5 Å². The van der Waals surface area contributed by atoms with E-state index in [1.54, 1.807) is 6.20 Å². The zero-order valence-corrected chi connectivity index (χ0v) is 8.55. The molecule has 1 aliphatic heterocycles. The second-order valence-electron chi connectivity index (χ2n) is 3.34. The lowest BCUT2D eigenvalue weighted by Gasteiger charge is -2.19. The summed E-state index contributed by atoms with van der Waals surface area (Å²) in [7, 11) is 0. The highest BCUT2D eigenvalue weighted by atomic mass is 32.1. The van der Waals surface area contributed by atoms with Crippen LogP contribution >= 0.6 is 11.3 Å². The molecule has 1 fully saturated rings. The summed E-state index contributed by atoms with van der Waals surface area (Å²) in [5, 5.41) is 0.449. The fourth-order valence-electron chi connectivity index (χ4n) is 1.55. The topological polar surface area (TPSA) is 65.2 Å². The Hall–Kier alpha value is -0.940. The molecule has 1 atom stereocenters. The first kappa shape index (κ1) is 9.61. The zero-order valence-electron chi connectivity index (χ0n) is 7.73. The molecule has 0 bridgehead atoms. The standard InChI is InChI=1S/C9H12N2O2S/c10-9-11-4-7(14-9)8(12)6-2-1-3-13-5-6/h4,6H,1-3,5H2,(H2,10,11). The van der Waals surface area contributed by atoms with Crippen LogP contribution in [0.15, 0.2) is 6.20 Å². The van der Waals surface area contributed by atoms with Crippen LogP contribution in [-0.4, -0.2) is 24.0 Å². The third kappa shape index (κ3) is 1.93. The minimum atomic E-state index is 0.00333. The molecule has 0 aliphatic carbocycles. The van der Waals surface area contributed by atoms with Crippen molar-refractivity contribution in [2.45, 2.75) is 12.8 Å². The van der Waals surface area contributed by atoms with Crippen molar-refractivity contribution in [2.75, 3.05) is 18.9 Å². The van der Waals surface area contributed by atoms with Crippen LogP contribution in [0.2, 0.25) is 0 Å². The molecule has 0 amide bonds. The summed E-state index contributed by atoms with van der Waals surface area (Å²) in [6.45, 7) is 1.31. The number of rotatable bonds is 2. The Balaban J connectivity index is 2.07. The van der Waals surface area contributed by atoms with Crippen LogP contribution in [0, 0.1) is 5.92 Å². The minimum absolute atomic E-state index is 0.00333. The Kier molecular flexibility index (Phi) is 2.79. The van der Waals surface area contributed by atoms with E-state index in [1.165, 1.54) is 11.3 Å². The van der Waals surface area contributed by atoms with Crippen LogP contribution in [-0.2, 0) is 4.74 Å². The minimum Gasteiger partial charge on any atom is -0.381 e. The Morgan fingerprint density at radius 3 is 3.14 bits per heavy atom. The number of nitrogen functional groups attached to an aromatic ring is 1. The number of ether oxygens (including phenoxy) is 1. The molecule has 1 unspecified atom stereocenters. The van der Waals surface area contributed by atoms with Crippen LogP contribution in [0.4, 0.5) is 5.13 Å². The van der Waals surface area contributed by atoms with E-state index in [9.17, 15) is 4.79 Å². The average molecular weight is 212 g/mol. The molecule has 0 saturated carbocycles. The van der Waals surface area contributed by atoms with Gasteiger partial charge in [0.25, 0.3) is 0 Å². The molecule has 1 saturated heterocycles. The van der Waals surface area contributed by atoms with E-state index in [1.807, 2.05) is 0 Å². The van der Waals surface area contributed by atoms with Crippen LogP contribution in [0.1, 0.15) is 22.5 Å². The summed E-state index contributed by atoms with van der Waals surface area (Å²) in [6.07, 6.45) is 3.43. The molecule has 4 nitrogen and oxygen atoms in total. The van der Waals surface area contributed by atoms with E-state index >= 15 is 0 Å². The van der Waals surface area contributed by atoms with Crippen molar-refractivity contribution in [2.24, 2.45) is 5.92 Å². The molecular weight excluding hydrogens is 200 g/mol. The summed E-state index contributed by atoms with van der Waals surface area (Å²) in [4.78, 5) is 16.4. The maximum Gasteiger partial charge on any atom is 0.180 e. The van der Waals surface area contributed by atoms with Crippen molar-refractivity contribution in [1.29, 1.82) is 0 Å². The van der Waals surface area contributed by atoms with E-state index in [0.29, 0.717) is 16.6 Å². The highest BCUT2D eigenvalue weighted by molar-refractivity contribution is 7.17. The van der Waals surface area contributed by atoms with Gasteiger partial charge in [0.15, 0.2) is 10.9 Å². The number of carbonyl (C=O) groups is 1.